The predicted molar refractivity (Wildman–Crippen MR) is 58.3 cm³/mol. The average Bonchev–Trinajstić information content (AvgIpc) is 2.25. The van der Waals surface area contributed by atoms with Gasteiger partial charge in [0, 0.05) is 7.05 Å². The number of hydrogen-bond donors (Lipinski definition) is 5. The first kappa shape index (κ1) is 15.2. The number of nitrogens with one attached hydrogen (secondary N) is 3. The van der Waals surface area contributed by atoms with Gasteiger partial charge in [-0.15, -0.1) is 0 Å². The molecule has 0 aromatic rings. The fourth-order valence-electron chi connectivity index (χ4n) is 0.858. The summed E-state index contributed by atoms with van der Waals surface area (Å²) in [4.78, 5) is 32.8. The van der Waals surface area contributed by atoms with Gasteiger partial charge in [0.25, 0.3) is 0 Å². The number of urea groups is 1. The Balaban J connectivity index is 4.13. The third kappa shape index (κ3) is 5.16. The van der Waals surface area contributed by atoms with Crippen LogP contribution in [0.25, 0.3) is 0 Å². The topological polar surface area (TPSA) is 128 Å². The molecule has 0 radical (unpaired) electrons. The Bertz CT molecular complexity index is 316. The van der Waals surface area contributed by atoms with Crippen LogP contribution in [0.3, 0.4) is 0 Å². The van der Waals surface area contributed by atoms with E-state index in [4.69, 9.17) is 5.11 Å². The van der Waals surface area contributed by atoms with Crippen LogP contribution in [0.2, 0.25) is 0 Å². The molecule has 0 bridgehead atoms. The van der Waals surface area contributed by atoms with Crippen molar-refractivity contribution in [2.75, 3.05) is 13.6 Å². The zero-order valence-corrected chi connectivity index (χ0v) is 9.90. The van der Waals surface area contributed by atoms with Crippen molar-refractivity contribution in [3.8, 4) is 0 Å². The van der Waals surface area contributed by atoms with Crippen molar-refractivity contribution in [2.24, 2.45) is 0 Å². The summed E-state index contributed by atoms with van der Waals surface area (Å²) in [6.45, 7) is 2.06. The fourth-order valence-corrected chi connectivity index (χ4v) is 0.858. The molecule has 3 amide bonds. The van der Waals surface area contributed by atoms with Crippen molar-refractivity contribution in [1.29, 1.82) is 0 Å². The zero-order valence-electron chi connectivity index (χ0n) is 9.90. The molecule has 17 heavy (non-hydrogen) atoms. The molecule has 0 spiro atoms. The molecular weight excluding hydrogens is 230 g/mol. The van der Waals surface area contributed by atoms with Crippen LogP contribution in [-0.2, 0) is 9.59 Å². The van der Waals surface area contributed by atoms with Crippen molar-refractivity contribution in [3.05, 3.63) is 0 Å². The molecule has 2 unspecified atom stereocenters. The van der Waals surface area contributed by atoms with Crippen LogP contribution < -0.4 is 16.0 Å². The summed E-state index contributed by atoms with van der Waals surface area (Å²) in [6, 6.07) is -1.49. The van der Waals surface area contributed by atoms with Crippen LogP contribution in [0, 0.1) is 0 Å². The van der Waals surface area contributed by atoms with E-state index >= 15 is 0 Å². The van der Waals surface area contributed by atoms with E-state index in [-0.39, 0.29) is 5.91 Å². The van der Waals surface area contributed by atoms with E-state index < -0.39 is 30.2 Å². The molecule has 0 aliphatic heterocycles. The number of hydrogen-bond acceptors (Lipinski definition) is 4. The van der Waals surface area contributed by atoms with E-state index in [2.05, 4.69) is 16.0 Å². The number of carboxylic acid groups (broad SMARTS) is 1. The Hall–Kier alpha value is -1.83. The predicted octanol–water partition coefficient (Wildman–Crippen LogP) is -1.74. The normalized spacial score (nSPS) is 15.3. The minimum absolute atomic E-state index is 0.384. The minimum atomic E-state index is -2.05. The number of amides is 3. The van der Waals surface area contributed by atoms with Gasteiger partial charge in [-0.2, -0.15) is 0 Å². The molecule has 0 saturated carbocycles. The van der Waals surface area contributed by atoms with Crippen LogP contribution in [0.4, 0.5) is 4.79 Å². The maximum absolute atomic E-state index is 11.2. The van der Waals surface area contributed by atoms with Crippen molar-refractivity contribution < 1.29 is 24.6 Å². The van der Waals surface area contributed by atoms with E-state index in [1.807, 2.05) is 0 Å². The van der Waals surface area contributed by atoms with Crippen LogP contribution >= 0.6 is 0 Å². The smallest absolute Gasteiger partial charge is 0.337 e. The van der Waals surface area contributed by atoms with E-state index in [0.717, 1.165) is 6.92 Å². The van der Waals surface area contributed by atoms with Crippen LogP contribution in [0.1, 0.15) is 13.8 Å². The Labute approximate surface area is 98.4 Å². The highest BCUT2D eigenvalue weighted by Gasteiger charge is 2.30. The summed E-state index contributed by atoms with van der Waals surface area (Å²) in [5, 5.41) is 24.7. The third-order valence-electron chi connectivity index (χ3n) is 2.04. The van der Waals surface area contributed by atoms with Gasteiger partial charge in [-0.05, 0) is 13.8 Å². The Morgan fingerprint density at radius 2 is 1.88 bits per heavy atom. The number of carboxylic acids is 1. The molecule has 0 rings (SSSR count). The Morgan fingerprint density at radius 3 is 2.29 bits per heavy atom. The Morgan fingerprint density at radius 1 is 1.35 bits per heavy atom. The van der Waals surface area contributed by atoms with E-state index in [9.17, 15) is 19.5 Å². The maximum Gasteiger partial charge on any atom is 0.337 e. The van der Waals surface area contributed by atoms with Gasteiger partial charge in [-0.25, -0.2) is 9.59 Å². The molecule has 0 saturated heterocycles. The second kappa shape index (κ2) is 6.04. The van der Waals surface area contributed by atoms with Gasteiger partial charge >= 0.3 is 12.0 Å². The summed E-state index contributed by atoms with van der Waals surface area (Å²) in [6.07, 6.45) is 0. The van der Waals surface area contributed by atoms with Gasteiger partial charge in [0.15, 0.2) is 5.60 Å². The fraction of sp³-hybridized carbons (Fsp3) is 0.667. The molecular formula is C9H17N3O5. The minimum Gasteiger partial charge on any atom is -0.479 e. The van der Waals surface area contributed by atoms with Crippen molar-refractivity contribution in [2.45, 2.75) is 25.5 Å². The van der Waals surface area contributed by atoms with E-state index in [0.29, 0.717) is 0 Å². The first-order chi connectivity index (χ1) is 7.70. The van der Waals surface area contributed by atoms with Crippen molar-refractivity contribution >= 4 is 17.9 Å². The van der Waals surface area contributed by atoms with Crippen LogP contribution in [-0.4, -0.2) is 53.4 Å². The van der Waals surface area contributed by atoms with Gasteiger partial charge in [0.05, 0.1) is 6.54 Å². The second-order valence-corrected chi connectivity index (χ2v) is 3.74. The molecule has 98 valence electrons. The summed E-state index contributed by atoms with van der Waals surface area (Å²) in [7, 11) is 1.42. The Kier molecular flexibility index (Phi) is 5.39. The summed E-state index contributed by atoms with van der Waals surface area (Å²) < 4.78 is 0. The first-order valence-corrected chi connectivity index (χ1v) is 4.92. The SMILES string of the molecule is CNC(=O)C(C)NC(=O)NCC(C)(O)C(=O)O. The number of rotatable bonds is 5. The van der Waals surface area contributed by atoms with Gasteiger partial charge in [-0.3, -0.25) is 4.79 Å². The van der Waals surface area contributed by atoms with Gasteiger partial charge in [0.2, 0.25) is 5.91 Å². The standard InChI is InChI=1S/C9H17N3O5/c1-5(6(13)10-3)12-8(16)11-4-9(2,17)7(14)15/h5,17H,4H2,1-3H3,(H,10,13)(H,14,15)(H2,11,12,16). The second-order valence-electron chi connectivity index (χ2n) is 3.74. The zero-order chi connectivity index (χ0) is 13.6. The lowest BCUT2D eigenvalue weighted by Crippen LogP contribution is -2.52. The molecule has 0 heterocycles. The van der Waals surface area contributed by atoms with Crippen molar-refractivity contribution in [1.82, 2.24) is 16.0 Å². The van der Waals surface area contributed by atoms with E-state index in [1.165, 1.54) is 14.0 Å². The molecule has 8 nitrogen and oxygen atoms in total. The lowest BCUT2D eigenvalue weighted by atomic mass is 10.1. The highest BCUT2D eigenvalue weighted by Crippen LogP contribution is 2.00. The lowest BCUT2D eigenvalue weighted by Gasteiger charge is -2.19. The molecule has 8 heteroatoms. The number of aliphatic hydroxyl groups is 1. The summed E-state index contributed by atoms with van der Waals surface area (Å²) >= 11 is 0. The highest BCUT2D eigenvalue weighted by molar-refractivity contribution is 5.86. The number of aliphatic carboxylic acids is 1. The molecule has 0 aromatic carbocycles. The van der Waals surface area contributed by atoms with Gasteiger partial charge in [-0.1, -0.05) is 0 Å². The van der Waals surface area contributed by atoms with Crippen LogP contribution in [0.5, 0.6) is 0 Å². The molecule has 0 aliphatic carbocycles. The average molecular weight is 247 g/mol. The molecule has 2 atom stereocenters. The monoisotopic (exact) mass is 247 g/mol. The summed E-state index contributed by atoms with van der Waals surface area (Å²) in [5.74, 6) is -1.83. The largest absolute Gasteiger partial charge is 0.479 e. The molecule has 5 N–H and O–H groups in total. The van der Waals surface area contributed by atoms with Crippen LogP contribution in [0.15, 0.2) is 0 Å². The van der Waals surface area contributed by atoms with Gasteiger partial charge in [0.1, 0.15) is 6.04 Å². The number of likely N-dealkylation sites (N-methyl/N-ethyl adjacent to an activating group) is 1. The van der Waals surface area contributed by atoms with Gasteiger partial charge < -0.3 is 26.2 Å². The highest BCUT2D eigenvalue weighted by atomic mass is 16.4. The molecule has 0 aromatic heterocycles. The third-order valence-corrected chi connectivity index (χ3v) is 2.04. The van der Waals surface area contributed by atoms with E-state index in [1.54, 1.807) is 0 Å². The van der Waals surface area contributed by atoms with Crippen molar-refractivity contribution in [3.63, 3.8) is 0 Å². The first-order valence-electron chi connectivity index (χ1n) is 4.92. The number of carbonyl (C=O) groups is 3. The lowest BCUT2D eigenvalue weighted by molar-refractivity contribution is -0.155. The maximum atomic E-state index is 11.2. The molecule has 0 aliphatic rings. The number of carbonyl (C=O) groups excluding carboxylic acids is 2. The molecule has 0 fully saturated rings. The quantitative estimate of drug-likeness (QED) is 0.394. The summed E-state index contributed by atoms with van der Waals surface area (Å²) in [5.41, 5.74) is -2.05.